The summed E-state index contributed by atoms with van der Waals surface area (Å²) in [5.41, 5.74) is 0. The van der Waals surface area contributed by atoms with Gasteiger partial charge < -0.3 is 0 Å². The highest BCUT2D eigenvalue weighted by atomic mass is 14.9. The molecule has 0 radical (unpaired) electrons. The van der Waals surface area contributed by atoms with E-state index in [9.17, 15) is 0 Å². The van der Waals surface area contributed by atoms with Gasteiger partial charge in [0.2, 0.25) is 0 Å². The van der Waals surface area contributed by atoms with Gasteiger partial charge in [0.1, 0.15) is 5.84 Å². The van der Waals surface area contributed by atoms with Crippen LogP contribution in [-0.4, -0.2) is 18.6 Å². The first-order valence-electron chi connectivity index (χ1n) is 3.37. The van der Waals surface area contributed by atoms with Gasteiger partial charge in [-0.3, -0.25) is 4.99 Å². The Balaban J connectivity index is 3.81. The van der Waals surface area contributed by atoms with Gasteiger partial charge in [0.05, 0.1) is 0 Å². The van der Waals surface area contributed by atoms with Gasteiger partial charge in [-0.25, -0.2) is 4.99 Å². The molecule has 0 atom stereocenters. The summed E-state index contributed by atoms with van der Waals surface area (Å²) in [5, 5.41) is 0. The zero-order valence-electron chi connectivity index (χ0n) is 6.39. The smallest absolute Gasteiger partial charge is 0.122 e. The highest BCUT2D eigenvalue weighted by molar-refractivity contribution is 5.88. The lowest BCUT2D eigenvalue weighted by Gasteiger charge is -1.91. The highest BCUT2D eigenvalue weighted by Gasteiger charge is 1.85. The molecule has 0 amide bonds. The predicted molar refractivity (Wildman–Crippen MR) is 42.4 cm³/mol. The van der Waals surface area contributed by atoms with Crippen LogP contribution in [0.15, 0.2) is 9.98 Å². The molecule has 0 spiro atoms. The molecule has 0 aromatic rings. The molecule has 2 nitrogen and oxygen atoms in total. The first kappa shape index (κ1) is 8.34. The third kappa shape index (κ3) is 3.88. The van der Waals surface area contributed by atoms with Gasteiger partial charge in [0.25, 0.3) is 0 Å². The van der Waals surface area contributed by atoms with E-state index >= 15 is 0 Å². The van der Waals surface area contributed by atoms with E-state index in [-0.39, 0.29) is 0 Å². The van der Waals surface area contributed by atoms with Crippen molar-refractivity contribution in [2.45, 2.75) is 27.2 Å². The van der Waals surface area contributed by atoms with Gasteiger partial charge in [-0.05, 0) is 13.8 Å². The monoisotopic (exact) mass is 126 g/mol. The molecule has 2 heteroatoms. The summed E-state index contributed by atoms with van der Waals surface area (Å²) in [7, 11) is 0. The maximum Gasteiger partial charge on any atom is 0.122 e. The quantitative estimate of drug-likeness (QED) is 0.399. The fourth-order valence-corrected chi connectivity index (χ4v) is 0.575. The first-order valence-corrected chi connectivity index (χ1v) is 3.37. The normalized spacial score (nSPS) is 13.0. The van der Waals surface area contributed by atoms with Crippen LogP contribution in [0.4, 0.5) is 0 Å². The molecule has 0 bridgehead atoms. The molecule has 0 aromatic heterocycles. The summed E-state index contributed by atoms with van der Waals surface area (Å²) in [4.78, 5) is 8.21. The van der Waals surface area contributed by atoms with Crippen LogP contribution in [0.2, 0.25) is 0 Å². The molecule has 9 heavy (non-hydrogen) atoms. The minimum absolute atomic E-state index is 0.834. The van der Waals surface area contributed by atoms with E-state index in [2.05, 4.69) is 16.9 Å². The van der Waals surface area contributed by atoms with Gasteiger partial charge >= 0.3 is 0 Å². The van der Waals surface area contributed by atoms with Crippen molar-refractivity contribution >= 4 is 12.1 Å². The Bertz CT molecular complexity index is 114. The molecule has 0 saturated carbocycles. The summed E-state index contributed by atoms with van der Waals surface area (Å²) in [6.07, 6.45) is 2.70. The zero-order chi connectivity index (χ0) is 7.11. The molecule has 0 rings (SSSR count). The average Bonchev–Trinajstić information content (AvgIpc) is 1.88. The first-order chi connectivity index (χ1) is 4.35. The van der Waals surface area contributed by atoms with E-state index in [1.807, 2.05) is 13.8 Å². The maximum atomic E-state index is 4.15. The molecular formula is C7H14N2. The summed E-state index contributed by atoms with van der Waals surface area (Å²) in [5.74, 6) is 0.944. The third-order valence-electron chi connectivity index (χ3n) is 0.935. The number of nitrogens with zero attached hydrogens (tertiary/aromatic N) is 2. The molecule has 0 aliphatic rings. The van der Waals surface area contributed by atoms with Crippen LogP contribution in [0, 0.1) is 0 Å². The lowest BCUT2D eigenvalue weighted by atomic mass is 10.4. The van der Waals surface area contributed by atoms with Crippen molar-refractivity contribution in [1.29, 1.82) is 0 Å². The van der Waals surface area contributed by atoms with Gasteiger partial charge in [-0.2, -0.15) is 0 Å². The predicted octanol–water partition coefficient (Wildman–Crippen LogP) is 1.91. The van der Waals surface area contributed by atoms with Gasteiger partial charge in [-0.1, -0.05) is 6.92 Å². The van der Waals surface area contributed by atoms with Crippen LogP contribution in [0.1, 0.15) is 27.2 Å². The largest absolute Gasteiger partial charge is 0.271 e. The number of aliphatic imine (C=N–C) groups is 2. The van der Waals surface area contributed by atoms with Crippen LogP contribution >= 0.6 is 0 Å². The van der Waals surface area contributed by atoms with Crippen molar-refractivity contribution < 1.29 is 0 Å². The van der Waals surface area contributed by atoms with E-state index in [0.29, 0.717) is 0 Å². The van der Waals surface area contributed by atoms with E-state index in [4.69, 9.17) is 0 Å². The molecule has 52 valence electrons. The van der Waals surface area contributed by atoms with E-state index in [1.165, 1.54) is 0 Å². The van der Waals surface area contributed by atoms with Crippen molar-refractivity contribution in [1.82, 2.24) is 0 Å². The average molecular weight is 126 g/mol. The van der Waals surface area contributed by atoms with Crippen molar-refractivity contribution in [3.05, 3.63) is 0 Å². The molecule has 0 heterocycles. The van der Waals surface area contributed by atoms with Crippen molar-refractivity contribution in [2.75, 3.05) is 6.54 Å². The lowest BCUT2D eigenvalue weighted by molar-refractivity contribution is 1.09. The molecule has 0 fully saturated rings. The van der Waals surface area contributed by atoms with Crippen molar-refractivity contribution in [2.24, 2.45) is 9.98 Å². The van der Waals surface area contributed by atoms with Gasteiger partial charge in [0.15, 0.2) is 0 Å². The molecule has 0 N–H and O–H groups in total. The van der Waals surface area contributed by atoms with Crippen LogP contribution in [-0.2, 0) is 0 Å². The molecule has 0 aromatic carbocycles. The highest BCUT2D eigenvalue weighted by Crippen LogP contribution is 1.86. The SMILES string of the molecule is CC=NC(CC)=NCC. The number of amidine groups is 1. The fraction of sp³-hybridized carbons (Fsp3) is 0.714. The van der Waals surface area contributed by atoms with Crippen molar-refractivity contribution in [3.8, 4) is 0 Å². The number of hydrogen-bond donors (Lipinski definition) is 0. The van der Waals surface area contributed by atoms with E-state index < -0.39 is 0 Å². The Kier molecular flexibility index (Phi) is 5.07. The summed E-state index contributed by atoms with van der Waals surface area (Å²) >= 11 is 0. The van der Waals surface area contributed by atoms with E-state index in [0.717, 1.165) is 18.8 Å². The number of hydrogen-bond acceptors (Lipinski definition) is 1. The Labute approximate surface area is 56.7 Å². The molecule has 0 aliphatic carbocycles. The second-order valence-corrected chi connectivity index (χ2v) is 1.63. The van der Waals surface area contributed by atoms with Crippen molar-refractivity contribution in [3.63, 3.8) is 0 Å². The summed E-state index contributed by atoms with van der Waals surface area (Å²) in [6, 6.07) is 0. The van der Waals surface area contributed by atoms with Crippen LogP contribution in [0.3, 0.4) is 0 Å². The van der Waals surface area contributed by atoms with Gasteiger partial charge in [-0.15, -0.1) is 0 Å². The molecule has 0 saturated heterocycles. The minimum Gasteiger partial charge on any atom is -0.271 e. The lowest BCUT2D eigenvalue weighted by Crippen LogP contribution is -1.91. The van der Waals surface area contributed by atoms with Crippen LogP contribution < -0.4 is 0 Å². The molecule has 0 unspecified atom stereocenters. The topological polar surface area (TPSA) is 24.7 Å². The van der Waals surface area contributed by atoms with Crippen LogP contribution in [0.5, 0.6) is 0 Å². The minimum atomic E-state index is 0.834. The number of rotatable bonds is 2. The second-order valence-electron chi connectivity index (χ2n) is 1.63. The van der Waals surface area contributed by atoms with Crippen LogP contribution in [0.25, 0.3) is 0 Å². The standard InChI is InChI=1S/C7H14N2/c1-4-7(8-5-2)9-6-3/h5H,4,6H2,1-3H3. The zero-order valence-corrected chi connectivity index (χ0v) is 6.39. The van der Waals surface area contributed by atoms with Gasteiger partial charge in [0, 0.05) is 19.2 Å². The third-order valence-corrected chi connectivity index (χ3v) is 0.935. The Morgan fingerprint density at radius 1 is 1.44 bits per heavy atom. The Hall–Kier alpha value is -0.660. The second kappa shape index (κ2) is 5.48. The van der Waals surface area contributed by atoms with E-state index in [1.54, 1.807) is 6.21 Å². The Morgan fingerprint density at radius 3 is 2.44 bits per heavy atom. The molecular weight excluding hydrogens is 112 g/mol. The summed E-state index contributed by atoms with van der Waals surface area (Å²) < 4.78 is 0. The molecule has 0 aliphatic heterocycles. The summed E-state index contributed by atoms with van der Waals surface area (Å²) in [6.45, 7) is 6.81. The Morgan fingerprint density at radius 2 is 2.11 bits per heavy atom. The maximum absolute atomic E-state index is 4.15. The fourth-order valence-electron chi connectivity index (χ4n) is 0.575.